The summed E-state index contributed by atoms with van der Waals surface area (Å²) in [5.41, 5.74) is -0.749. The molecule has 7 nitrogen and oxygen atoms in total. The van der Waals surface area contributed by atoms with Gasteiger partial charge in [-0.1, -0.05) is 73.2 Å². The summed E-state index contributed by atoms with van der Waals surface area (Å²) in [5, 5.41) is 34.9. The number of nitrogens with one attached hydrogen (secondary N) is 1. The molecule has 1 saturated heterocycles. The van der Waals surface area contributed by atoms with Crippen LogP contribution in [-0.4, -0.2) is 67.4 Å². The minimum Gasteiger partial charge on any atom is -0.389 e. The van der Waals surface area contributed by atoms with Gasteiger partial charge in [0.25, 0.3) is 0 Å². The second-order valence-corrected chi connectivity index (χ2v) is 10.7. The van der Waals surface area contributed by atoms with E-state index in [-0.39, 0.29) is 6.42 Å². The number of aliphatic hydroxyl groups is 3. The Morgan fingerprint density at radius 2 is 2.03 bits per heavy atom. The third kappa shape index (κ3) is 4.69. The Morgan fingerprint density at radius 1 is 1.32 bits per heavy atom. The number of aliphatic hydroxyl groups excluding tert-OH is 2. The predicted molar refractivity (Wildman–Crippen MR) is 120 cm³/mol. The van der Waals surface area contributed by atoms with Crippen molar-refractivity contribution in [3.8, 4) is 0 Å². The van der Waals surface area contributed by atoms with E-state index in [1.165, 1.54) is 31.8 Å². The molecule has 3 rings (SSSR count). The first kappa shape index (κ1) is 24.6. The second-order valence-electron chi connectivity index (χ2n) is 9.34. The van der Waals surface area contributed by atoms with E-state index in [4.69, 9.17) is 4.74 Å². The van der Waals surface area contributed by atoms with Gasteiger partial charge in [-0.3, -0.25) is 9.59 Å². The molecule has 2 aliphatic carbocycles. The van der Waals surface area contributed by atoms with Crippen LogP contribution in [0.2, 0.25) is 0 Å². The minimum atomic E-state index is -1.78. The lowest BCUT2D eigenvalue weighted by Crippen LogP contribution is -2.77. The van der Waals surface area contributed by atoms with Gasteiger partial charge in [-0.15, -0.1) is 0 Å². The van der Waals surface area contributed by atoms with E-state index in [1.54, 1.807) is 6.08 Å². The lowest BCUT2D eigenvalue weighted by molar-refractivity contribution is -0.177. The van der Waals surface area contributed by atoms with E-state index in [1.807, 2.05) is 6.92 Å². The number of rotatable bonds is 9. The number of Topliss-reactive ketones (excluding diaryl/α,β-unsaturated/α-hetero) is 1. The Hall–Kier alpha value is -1.06. The Bertz CT molecular complexity index is 769. The van der Waals surface area contributed by atoms with Crippen LogP contribution in [0.5, 0.6) is 0 Å². The molecule has 8 atom stereocenters. The summed E-state index contributed by atoms with van der Waals surface area (Å²) in [7, 11) is 0. The van der Waals surface area contributed by atoms with E-state index in [9.17, 15) is 24.9 Å². The number of hydrogen-bond acceptors (Lipinski definition) is 6. The van der Waals surface area contributed by atoms with Crippen molar-refractivity contribution in [1.82, 2.24) is 5.32 Å². The van der Waals surface area contributed by atoms with Crippen LogP contribution in [0, 0.1) is 5.92 Å². The van der Waals surface area contributed by atoms with Crippen molar-refractivity contribution < 1.29 is 29.6 Å². The highest BCUT2D eigenvalue weighted by Gasteiger charge is 2.78. The van der Waals surface area contributed by atoms with Crippen LogP contribution in [0.25, 0.3) is 0 Å². The largest absolute Gasteiger partial charge is 0.389 e. The molecule has 1 aliphatic heterocycles. The average molecular weight is 500 g/mol. The molecule has 0 aromatic rings. The molecule has 0 spiro atoms. The molecule has 2 saturated carbocycles. The third-order valence-electron chi connectivity index (χ3n) is 6.74. The number of carbonyl (C=O) groups is 2. The molecule has 1 amide bonds. The predicted octanol–water partition coefficient (Wildman–Crippen LogP) is 1.92. The lowest BCUT2D eigenvalue weighted by atomic mass is 9.63. The van der Waals surface area contributed by atoms with E-state index in [0.717, 1.165) is 12.0 Å². The Balaban J connectivity index is 1.59. The Morgan fingerprint density at radius 3 is 2.71 bits per heavy atom. The van der Waals surface area contributed by atoms with Crippen molar-refractivity contribution in [2.75, 3.05) is 0 Å². The van der Waals surface area contributed by atoms with Crippen LogP contribution in [0.4, 0.5) is 0 Å². The third-order valence-corrected chi connectivity index (χ3v) is 8.03. The van der Waals surface area contributed by atoms with Crippen LogP contribution in [0.1, 0.15) is 59.3 Å². The molecule has 0 unspecified atom stereocenters. The van der Waals surface area contributed by atoms with Gasteiger partial charge in [0.1, 0.15) is 28.2 Å². The molecule has 3 aliphatic rings. The number of halogens is 1. The number of alkyl halides is 1. The molecule has 4 N–H and O–H groups in total. The first-order valence-corrected chi connectivity index (χ1v) is 12.0. The van der Waals surface area contributed by atoms with Crippen molar-refractivity contribution in [1.29, 1.82) is 0 Å². The Labute approximate surface area is 192 Å². The highest BCUT2D eigenvalue weighted by Crippen LogP contribution is 2.55. The number of carbonyl (C=O) groups excluding carboxylic acids is 2. The maximum Gasteiger partial charge on any atom is 0.244 e. The summed E-state index contributed by atoms with van der Waals surface area (Å²) in [6.07, 6.45) is 6.54. The van der Waals surface area contributed by atoms with Gasteiger partial charge in [0.15, 0.2) is 5.78 Å². The molecule has 1 heterocycles. The number of fused-ring (bicyclic) bond motifs is 4. The van der Waals surface area contributed by atoms with Crippen molar-refractivity contribution in [3.63, 3.8) is 0 Å². The van der Waals surface area contributed by atoms with Gasteiger partial charge in [0.05, 0.1) is 12.1 Å². The molecule has 174 valence electrons. The van der Waals surface area contributed by atoms with E-state index in [0.29, 0.717) is 5.92 Å². The molecule has 0 aromatic heterocycles. The van der Waals surface area contributed by atoms with Crippen LogP contribution < -0.4 is 5.32 Å². The summed E-state index contributed by atoms with van der Waals surface area (Å²) in [6, 6.07) is -0.916. The van der Waals surface area contributed by atoms with Crippen molar-refractivity contribution in [2.24, 2.45) is 5.92 Å². The van der Waals surface area contributed by atoms with E-state index >= 15 is 0 Å². The summed E-state index contributed by atoms with van der Waals surface area (Å²) >= 11 is 3.17. The molecular formula is C23H34BrNO6. The van der Waals surface area contributed by atoms with Crippen molar-refractivity contribution in [3.05, 3.63) is 23.8 Å². The smallest absolute Gasteiger partial charge is 0.244 e. The molecule has 3 fully saturated rings. The van der Waals surface area contributed by atoms with Crippen molar-refractivity contribution >= 4 is 27.6 Å². The first-order valence-electron chi connectivity index (χ1n) is 11.2. The lowest BCUT2D eigenvalue weighted by Gasteiger charge is -2.53. The van der Waals surface area contributed by atoms with Gasteiger partial charge >= 0.3 is 0 Å². The fourth-order valence-corrected chi connectivity index (χ4v) is 5.85. The van der Waals surface area contributed by atoms with Crippen LogP contribution >= 0.6 is 15.9 Å². The first-order chi connectivity index (χ1) is 14.6. The van der Waals surface area contributed by atoms with Crippen LogP contribution in [0.15, 0.2) is 23.8 Å². The van der Waals surface area contributed by atoms with Gasteiger partial charge in [0, 0.05) is 12.5 Å². The zero-order valence-corrected chi connectivity index (χ0v) is 20.0. The maximum absolute atomic E-state index is 12.6. The average Bonchev–Trinajstić information content (AvgIpc) is 3.52. The summed E-state index contributed by atoms with van der Waals surface area (Å²) in [6.45, 7) is 6.28. The molecule has 0 aromatic carbocycles. The Kier molecular flexibility index (Phi) is 7.48. The molecule has 31 heavy (non-hydrogen) atoms. The summed E-state index contributed by atoms with van der Waals surface area (Å²) < 4.78 is 3.49. The molecular weight excluding hydrogens is 466 g/mol. The summed E-state index contributed by atoms with van der Waals surface area (Å²) in [4.78, 5) is 25.0. The van der Waals surface area contributed by atoms with Gasteiger partial charge in [-0.2, -0.15) is 0 Å². The topological polar surface area (TPSA) is 119 Å². The highest BCUT2D eigenvalue weighted by atomic mass is 79.9. The van der Waals surface area contributed by atoms with E-state index < -0.39 is 52.1 Å². The molecule has 0 radical (unpaired) electrons. The van der Waals surface area contributed by atoms with Crippen LogP contribution in [0.3, 0.4) is 0 Å². The zero-order chi connectivity index (χ0) is 23.0. The standard InChI is InChI=1S/C23H34BrNO6/c1-4-5-6-7-8-13(2)11-14(3)9-10-16(26)25-15-12-22(30)20-17(31-20)19(28)23(24,18(15)27)21(22)29/h9-11,13,15,17-18,20-21,27,29-30H,4-8,12H2,1-3H3,(H,25,26)/b10-9+,14-11+/t13-,15+,17+,18+,20+,21+,22+,23-/m1/s1. The number of ketones is 1. The quantitative estimate of drug-likeness (QED) is 0.126. The maximum atomic E-state index is 12.6. The number of hydrogen-bond donors (Lipinski definition) is 4. The fraction of sp³-hybridized carbons (Fsp3) is 0.739. The number of allylic oxidation sites excluding steroid dienone is 3. The normalized spacial score (nSPS) is 40.5. The number of epoxide rings is 1. The van der Waals surface area contributed by atoms with Crippen molar-refractivity contribution in [2.45, 2.75) is 99.7 Å². The van der Waals surface area contributed by atoms with Crippen LogP contribution in [-0.2, 0) is 14.3 Å². The van der Waals surface area contributed by atoms with Gasteiger partial charge < -0.3 is 25.4 Å². The zero-order valence-electron chi connectivity index (χ0n) is 18.4. The number of ether oxygens (including phenoxy) is 1. The second kappa shape index (κ2) is 9.43. The number of amides is 1. The summed E-state index contributed by atoms with van der Waals surface area (Å²) in [5.74, 6) is -0.531. The highest BCUT2D eigenvalue weighted by molar-refractivity contribution is 9.10. The molecule has 8 heteroatoms. The monoisotopic (exact) mass is 499 g/mol. The molecule has 2 bridgehead atoms. The van der Waals surface area contributed by atoms with Gasteiger partial charge in [0.2, 0.25) is 5.91 Å². The SMILES string of the molecule is CCCCCC[C@@H](C)/C=C(C)/C=C/C(=O)N[C@H]1C[C@]2(O)[C@H]3O[C@H]3C(=O)[C@](Br)([C@H]1O)[C@H]2O. The minimum absolute atomic E-state index is 0.111. The van der Waals surface area contributed by atoms with E-state index in [2.05, 4.69) is 41.2 Å². The number of unbranched alkanes of at least 4 members (excludes halogenated alkanes) is 3. The van der Waals surface area contributed by atoms with Gasteiger partial charge in [-0.25, -0.2) is 0 Å². The van der Waals surface area contributed by atoms with Gasteiger partial charge in [-0.05, 0) is 19.3 Å². The fourth-order valence-electron chi connectivity index (χ4n) is 4.90.